The Morgan fingerprint density at radius 1 is 0.818 bits per heavy atom. The number of hydrogen-bond acceptors (Lipinski definition) is 1. The first-order valence-corrected chi connectivity index (χ1v) is 2.02. The highest BCUT2D eigenvalue weighted by atomic mass is 16.2. The molecule has 0 spiro atoms. The van der Waals surface area contributed by atoms with Gasteiger partial charge in [0, 0.05) is 6.61 Å². The summed E-state index contributed by atoms with van der Waals surface area (Å²) >= 11 is 0. The van der Waals surface area contributed by atoms with Gasteiger partial charge in [-0.05, 0) is 6.42 Å². The molecule has 0 atom stereocenters. The lowest BCUT2D eigenvalue weighted by atomic mass is 10.4. The largest absolute Gasteiger partial charge is 0.396 e. The lowest BCUT2D eigenvalue weighted by Gasteiger charge is -1.79. The van der Waals surface area contributed by atoms with Crippen molar-refractivity contribution < 1.29 is 5.11 Å². The molecule has 1 N–H and O–H groups in total. The number of rotatable bonds is 2. The van der Waals surface area contributed by atoms with Gasteiger partial charge in [0.15, 0.2) is 0 Å². The average Bonchev–Trinajstić information content (AvgIpc) is 1.41. The van der Waals surface area contributed by atoms with Gasteiger partial charge in [0.25, 0.3) is 0 Å². The van der Waals surface area contributed by atoms with Crippen molar-refractivity contribution in [1.82, 2.24) is 0 Å². The van der Waals surface area contributed by atoms with Crippen molar-refractivity contribution in [3.05, 3.63) is 0 Å². The Bertz CT molecular complexity index is 12.3. The molecule has 0 rings (SSSR count). The minimum atomic E-state index is 0. The Hall–Kier alpha value is -0.0400. The fourth-order valence-corrected chi connectivity index (χ4v) is 0.158. The molecule has 11 heavy (non-hydrogen) atoms. The van der Waals surface area contributed by atoms with Crippen molar-refractivity contribution in [2.45, 2.75) is 64.3 Å². The van der Waals surface area contributed by atoms with Crippen molar-refractivity contribution in [2.24, 2.45) is 0 Å². The van der Waals surface area contributed by atoms with Crippen LogP contribution in [0.5, 0.6) is 0 Å². The Balaban J connectivity index is -0.00000000533. The molecule has 0 saturated heterocycles. The average molecular weight is 170 g/mol. The van der Waals surface area contributed by atoms with Crippen molar-refractivity contribution >= 4 is 0 Å². The van der Waals surface area contributed by atoms with Gasteiger partial charge in [-0.3, -0.25) is 0 Å². The van der Waals surface area contributed by atoms with Crippen molar-refractivity contribution in [3.8, 4) is 0 Å². The summed E-state index contributed by atoms with van der Waals surface area (Å²) in [6.07, 6.45) is 2.04. The molecule has 0 amide bonds. The molecule has 0 unspecified atom stereocenters. The summed E-state index contributed by atoms with van der Waals surface area (Å²) in [4.78, 5) is 0. The first kappa shape index (κ1) is 69.3. The van der Waals surface area contributed by atoms with Crippen LogP contribution in [-0.2, 0) is 0 Å². The van der Waals surface area contributed by atoms with Crippen LogP contribution in [0.4, 0.5) is 0 Å². The number of hydrogen-bond donors (Lipinski definition) is 1. The van der Waals surface area contributed by atoms with Gasteiger partial charge in [-0.2, -0.15) is 0 Å². The zero-order valence-electron chi connectivity index (χ0n) is 3.57. The van der Waals surface area contributed by atoms with Crippen molar-refractivity contribution in [1.29, 1.82) is 0 Å². The first-order chi connectivity index (χ1) is 2.41. The second kappa shape index (κ2) is 91.3. The van der Waals surface area contributed by atoms with E-state index in [2.05, 4.69) is 6.92 Å². The smallest absolute Gasteiger partial charge is 0.0430 e. The van der Waals surface area contributed by atoms with Gasteiger partial charge in [0.05, 0.1) is 0 Å². The molecule has 0 heterocycles. The Morgan fingerprint density at radius 2 is 1.09 bits per heavy atom. The van der Waals surface area contributed by atoms with Crippen LogP contribution in [-0.4, -0.2) is 11.7 Å². The predicted octanol–water partition coefficient (Wildman–Crippen LogP) is 4.60. The highest BCUT2D eigenvalue weighted by Gasteiger charge is 1.69. The van der Waals surface area contributed by atoms with Gasteiger partial charge in [0.2, 0.25) is 0 Å². The summed E-state index contributed by atoms with van der Waals surface area (Å²) in [6, 6.07) is 0. The molecule has 0 aromatic carbocycles. The lowest BCUT2D eigenvalue weighted by Crippen LogP contribution is -1.75. The van der Waals surface area contributed by atoms with E-state index in [1.165, 1.54) is 0 Å². The van der Waals surface area contributed by atoms with Gasteiger partial charge in [0.1, 0.15) is 0 Å². The summed E-state index contributed by atoms with van der Waals surface area (Å²) < 4.78 is 0. The lowest BCUT2D eigenvalue weighted by molar-refractivity contribution is 0.287. The van der Waals surface area contributed by atoms with E-state index in [4.69, 9.17) is 5.11 Å². The van der Waals surface area contributed by atoms with Crippen LogP contribution < -0.4 is 0 Å². The fourth-order valence-electron chi connectivity index (χ4n) is 0.158. The maximum absolute atomic E-state index is 8.07. The molecule has 80 valence electrons. The van der Waals surface area contributed by atoms with Crippen LogP contribution >= 0.6 is 0 Å². The predicted molar refractivity (Wildman–Crippen MR) is 62.4 cm³/mol. The van der Waals surface area contributed by atoms with Crippen LogP contribution in [0.15, 0.2) is 0 Å². The standard InChI is InChI=1S/C4H10O.6CH4/c1-2-3-4-5;;;;;;/h5H,2-4H2,1H3;6*1H4. The fraction of sp³-hybridized carbons (Fsp3) is 1.00. The Kier molecular flexibility index (Phi) is 575. The van der Waals surface area contributed by atoms with Crippen molar-refractivity contribution in [2.75, 3.05) is 6.61 Å². The van der Waals surface area contributed by atoms with E-state index < -0.39 is 0 Å². The third-order valence-electron chi connectivity index (χ3n) is 0.512. The SMILES string of the molecule is C.C.C.C.C.C.CCCCO. The van der Waals surface area contributed by atoms with Crippen LogP contribution in [0, 0.1) is 0 Å². The van der Waals surface area contributed by atoms with Gasteiger partial charge in [-0.25, -0.2) is 0 Å². The van der Waals surface area contributed by atoms with E-state index in [1.54, 1.807) is 0 Å². The molecule has 0 aliphatic heterocycles. The normalized spacial score (nSPS) is 3.82. The van der Waals surface area contributed by atoms with Crippen LogP contribution in [0.25, 0.3) is 0 Å². The molecule has 0 radical (unpaired) electrons. The highest BCUT2D eigenvalue weighted by molar-refractivity contribution is 4.23. The molecule has 1 nitrogen and oxygen atoms in total. The van der Waals surface area contributed by atoms with E-state index in [0.717, 1.165) is 12.8 Å². The number of unbranched alkanes of at least 4 members (excludes halogenated alkanes) is 1. The zero-order valence-corrected chi connectivity index (χ0v) is 3.57. The maximum Gasteiger partial charge on any atom is 0.0430 e. The Labute approximate surface area is 76.9 Å². The summed E-state index contributed by atoms with van der Waals surface area (Å²) in [5.74, 6) is 0. The van der Waals surface area contributed by atoms with Crippen LogP contribution in [0.3, 0.4) is 0 Å². The van der Waals surface area contributed by atoms with E-state index in [-0.39, 0.29) is 44.6 Å². The molecule has 0 aliphatic carbocycles. The van der Waals surface area contributed by atoms with E-state index in [9.17, 15) is 0 Å². The minimum absolute atomic E-state index is 0. The molecule has 0 fully saturated rings. The summed E-state index contributed by atoms with van der Waals surface area (Å²) in [5, 5.41) is 8.07. The molecule has 0 aromatic rings. The summed E-state index contributed by atoms with van der Waals surface area (Å²) in [7, 11) is 0. The van der Waals surface area contributed by atoms with Gasteiger partial charge < -0.3 is 5.11 Å². The minimum Gasteiger partial charge on any atom is -0.396 e. The quantitative estimate of drug-likeness (QED) is 0.642. The van der Waals surface area contributed by atoms with E-state index in [1.807, 2.05) is 0 Å². The Morgan fingerprint density at radius 3 is 1.09 bits per heavy atom. The van der Waals surface area contributed by atoms with E-state index >= 15 is 0 Å². The summed E-state index contributed by atoms with van der Waals surface area (Å²) in [6.45, 7) is 2.40. The molecule has 0 bridgehead atoms. The highest BCUT2D eigenvalue weighted by Crippen LogP contribution is 1.78. The second-order valence-electron chi connectivity index (χ2n) is 1.08. The molecule has 0 saturated carbocycles. The van der Waals surface area contributed by atoms with Crippen molar-refractivity contribution in [3.63, 3.8) is 0 Å². The molecule has 1 heteroatoms. The van der Waals surface area contributed by atoms with Crippen LogP contribution in [0.1, 0.15) is 64.3 Å². The van der Waals surface area contributed by atoms with Gasteiger partial charge in [-0.1, -0.05) is 57.9 Å². The second-order valence-corrected chi connectivity index (χ2v) is 1.08. The molecule has 0 aromatic heterocycles. The molecule has 0 aliphatic rings. The van der Waals surface area contributed by atoms with Gasteiger partial charge in [-0.15, -0.1) is 0 Å². The van der Waals surface area contributed by atoms with E-state index in [0.29, 0.717) is 6.61 Å². The number of aliphatic hydroxyl groups is 1. The summed E-state index contributed by atoms with van der Waals surface area (Å²) in [5.41, 5.74) is 0. The molecular formula is C10H34O. The molecular weight excluding hydrogens is 136 g/mol. The van der Waals surface area contributed by atoms with Gasteiger partial charge >= 0.3 is 0 Å². The first-order valence-electron chi connectivity index (χ1n) is 2.02. The third kappa shape index (κ3) is 164. The topological polar surface area (TPSA) is 20.2 Å². The zero-order chi connectivity index (χ0) is 4.12. The monoisotopic (exact) mass is 170 g/mol. The maximum atomic E-state index is 8.07. The number of aliphatic hydroxyl groups excluding tert-OH is 1. The third-order valence-corrected chi connectivity index (χ3v) is 0.512. The van der Waals surface area contributed by atoms with Crippen LogP contribution in [0.2, 0.25) is 0 Å².